The Kier molecular flexibility index (Phi) is 3.30. The van der Waals surface area contributed by atoms with Crippen molar-refractivity contribution in [1.29, 1.82) is 0 Å². The molecule has 0 unspecified atom stereocenters. The summed E-state index contributed by atoms with van der Waals surface area (Å²) in [6, 6.07) is 7.00. The van der Waals surface area contributed by atoms with Gasteiger partial charge in [-0.05, 0) is 35.9 Å². The molecule has 3 nitrogen and oxygen atoms in total. The van der Waals surface area contributed by atoms with Crippen molar-refractivity contribution in [2.45, 2.75) is 32.0 Å². The highest BCUT2D eigenvalue weighted by Gasteiger charge is 2.30. The van der Waals surface area contributed by atoms with Gasteiger partial charge in [0.05, 0.1) is 18.4 Å². The van der Waals surface area contributed by atoms with Gasteiger partial charge in [-0.15, -0.1) is 11.3 Å². The van der Waals surface area contributed by atoms with E-state index >= 15 is 0 Å². The molecule has 1 aliphatic carbocycles. The molecule has 0 amide bonds. The molecule has 0 saturated heterocycles. The first-order chi connectivity index (χ1) is 8.88. The summed E-state index contributed by atoms with van der Waals surface area (Å²) in [5, 5.41) is 2.13. The average Bonchev–Trinajstić information content (AvgIpc) is 3.13. The van der Waals surface area contributed by atoms with Crippen molar-refractivity contribution in [3.63, 3.8) is 0 Å². The third-order valence-corrected chi connectivity index (χ3v) is 4.17. The highest BCUT2D eigenvalue weighted by atomic mass is 32.1. The zero-order valence-electron chi connectivity index (χ0n) is 10.2. The van der Waals surface area contributed by atoms with Crippen molar-refractivity contribution in [2.24, 2.45) is 5.73 Å². The Hall–Kier alpha value is -1.39. The van der Waals surface area contributed by atoms with Gasteiger partial charge in [0.2, 0.25) is 0 Å². The van der Waals surface area contributed by atoms with Crippen LogP contribution in [-0.4, -0.2) is 11.0 Å². The van der Waals surface area contributed by atoms with E-state index < -0.39 is 0 Å². The first kappa shape index (κ1) is 11.7. The zero-order valence-corrected chi connectivity index (χ0v) is 11.1. The molecule has 2 aromatic heterocycles. The van der Waals surface area contributed by atoms with E-state index in [1.165, 1.54) is 29.0 Å². The molecular formula is C14H17N3S. The fraction of sp³-hybridized carbons (Fsp3) is 0.357. The van der Waals surface area contributed by atoms with Gasteiger partial charge in [0, 0.05) is 23.7 Å². The number of hydrogen-bond acceptors (Lipinski definition) is 4. The second-order valence-electron chi connectivity index (χ2n) is 4.65. The number of rotatable bonds is 5. The molecule has 2 aromatic rings. The molecule has 0 aliphatic heterocycles. The van der Waals surface area contributed by atoms with E-state index in [0.29, 0.717) is 12.6 Å². The molecule has 3 rings (SSSR count). The highest BCUT2D eigenvalue weighted by Crippen LogP contribution is 2.34. The lowest BCUT2D eigenvalue weighted by Gasteiger charge is -2.26. The summed E-state index contributed by atoms with van der Waals surface area (Å²) in [6.07, 6.45) is 6.34. The van der Waals surface area contributed by atoms with Crippen LogP contribution in [0, 0.1) is 0 Å². The third-order valence-electron chi connectivity index (χ3n) is 3.31. The maximum absolute atomic E-state index is 5.83. The van der Waals surface area contributed by atoms with Gasteiger partial charge in [0.15, 0.2) is 0 Å². The topological polar surface area (TPSA) is 42.1 Å². The van der Waals surface area contributed by atoms with Crippen LogP contribution in [0.25, 0.3) is 0 Å². The van der Waals surface area contributed by atoms with Crippen LogP contribution in [0.5, 0.6) is 0 Å². The SMILES string of the molecule is NCc1ccncc1N(Cc1cccs1)C1CC1. The third kappa shape index (κ3) is 2.40. The second kappa shape index (κ2) is 5.08. The van der Waals surface area contributed by atoms with Crippen LogP contribution in [0.4, 0.5) is 5.69 Å². The Balaban J connectivity index is 1.89. The van der Waals surface area contributed by atoms with Crippen molar-refractivity contribution in [3.8, 4) is 0 Å². The number of nitrogens with zero attached hydrogens (tertiary/aromatic N) is 2. The largest absolute Gasteiger partial charge is 0.362 e. The number of nitrogens with two attached hydrogens (primary N) is 1. The summed E-state index contributed by atoms with van der Waals surface area (Å²) in [4.78, 5) is 8.12. The summed E-state index contributed by atoms with van der Waals surface area (Å²) in [5.74, 6) is 0. The van der Waals surface area contributed by atoms with Gasteiger partial charge in [0.25, 0.3) is 0 Å². The normalized spacial score (nSPS) is 14.7. The van der Waals surface area contributed by atoms with Crippen molar-refractivity contribution in [2.75, 3.05) is 4.90 Å². The van der Waals surface area contributed by atoms with Gasteiger partial charge < -0.3 is 10.6 Å². The molecule has 0 atom stereocenters. The Labute approximate surface area is 111 Å². The predicted molar refractivity (Wildman–Crippen MR) is 75.7 cm³/mol. The van der Waals surface area contributed by atoms with Crippen LogP contribution in [-0.2, 0) is 13.1 Å². The van der Waals surface area contributed by atoms with E-state index in [9.17, 15) is 0 Å². The van der Waals surface area contributed by atoms with E-state index in [1.807, 2.05) is 29.8 Å². The van der Waals surface area contributed by atoms with Crippen molar-refractivity contribution in [1.82, 2.24) is 4.98 Å². The number of anilines is 1. The van der Waals surface area contributed by atoms with Crippen LogP contribution in [0.1, 0.15) is 23.3 Å². The standard InChI is InChI=1S/C14H17N3S/c15-8-11-5-6-16-9-14(11)17(12-3-4-12)10-13-2-1-7-18-13/h1-2,5-7,9,12H,3-4,8,10,15H2. The molecule has 2 heterocycles. The van der Waals surface area contributed by atoms with Crippen LogP contribution in [0.3, 0.4) is 0 Å². The summed E-state index contributed by atoms with van der Waals surface area (Å²) >= 11 is 1.81. The number of aromatic nitrogens is 1. The molecule has 4 heteroatoms. The Bertz CT molecular complexity index is 506. The predicted octanol–water partition coefficient (Wildman–Crippen LogP) is 2.77. The molecule has 2 N–H and O–H groups in total. The lowest BCUT2D eigenvalue weighted by molar-refractivity contribution is 0.791. The van der Waals surface area contributed by atoms with Crippen LogP contribution in [0.15, 0.2) is 36.0 Å². The van der Waals surface area contributed by atoms with Crippen molar-refractivity contribution in [3.05, 3.63) is 46.4 Å². The van der Waals surface area contributed by atoms with Crippen LogP contribution >= 0.6 is 11.3 Å². The average molecular weight is 259 g/mol. The van der Waals surface area contributed by atoms with Gasteiger partial charge in [-0.25, -0.2) is 0 Å². The smallest absolute Gasteiger partial charge is 0.0604 e. The summed E-state index contributed by atoms with van der Waals surface area (Å²) in [6.45, 7) is 1.55. The van der Waals surface area contributed by atoms with E-state index in [0.717, 1.165) is 6.54 Å². The first-order valence-electron chi connectivity index (χ1n) is 6.30. The molecule has 1 aliphatic rings. The minimum atomic E-state index is 0.575. The Morgan fingerprint density at radius 3 is 2.94 bits per heavy atom. The van der Waals surface area contributed by atoms with Crippen LogP contribution < -0.4 is 10.6 Å². The van der Waals surface area contributed by atoms with Gasteiger partial charge in [0.1, 0.15) is 0 Å². The fourth-order valence-corrected chi connectivity index (χ4v) is 2.92. The van der Waals surface area contributed by atoms with Crippen LogP contribution in [0.2, 0.25) is 0 Å². The van der Waals surface area contributed by atoms with Gasteiger partial charge in [-0.2, -0.15) is 0 Å². The summed E-state index contributed by atoms with van der Waals surface area (Å²) < 4.78 is 0. The van der Waals surface area contributed by atoms with E-state index in [-0.39, 0.29) is 0 Å². The van der Waals surface area contributed by atoms with Gasteiger partial charge in [-0.1, -0.05) is 6.07 Å². The van der Waals surface area contributed by atoms with E-state index in [2.05, 4.69) is 27.4 Å². The number of hydrogen-bond donors (Lipinski definition) is 1. The van der Waals surface area contributed by atoms with E-state index in [1.54, 1.807) is 0 Å². The number of thiophene rings is 1. The minimum Gasteiger partial charge on any atom is -0.362 e. The highest BCUT2D eigenvalue weighted by molar-refractivity contribution is 7.09. The monoisotopic (exact) mass is 259 g/mol. The minimum absolute atomic E-state index is 0.575. The molecule has 1 fully saturated rings. The molecule has 0 aromatic carbocycles. The maximum Gasteiger partial charge on any atom is 0.0604 e. The summed E-state index contributed by atoms with van der Waals surface area (Å²) in [5.41, 5.74) is 8.22. The lowest BCUT2D eigenvalue weighted by atomic mass is 10.2. The van der Waals surface area contributed by atoms with Crippen molar-refractivity contribution < 1.29 is 0 Å². The molecule has 0 radical (unpaired) electrons. The maximum atomic E-state index is 5.83. The Morgan fingerprint density at radius 2 is 2.28 bits per heavy atom. The van der Waals surface area contributed by atoms with E-state index in [4.69, 9.17) is 5.73 Å². The quantitative estimate of drug-likeness (QED) is 0.897. The number of pyridine rings is 1. The molecule has 18 heavy (non-hydrogen) atoms. The molecule has 0 spiro atoms. The molecule has 1 saturated carbocycles. The van der Waals surface area contributed by atoms with Gasteiger partial charge >= 0.3 is 0 Å². The second-order valence-corrected chi connectivity index (χ2v) is 5.68. The fourth-order valence-electron chi connectivity index (χ4n) is 2.21. The molecule has 94 valence electrons. The van der Waals surface area contributed by atoms with Crippen molar-refractivity contribution >= 4 is 17.0 Å². The molecular weight excluding hydrogens is 242 g/mol. The lowest BCUT2D eigenvalue weighted by Crippen LogP contribution is -2.26. The molecule has 0 bridgehead atoms. The zero-order chi connectivity index (χ0) is 12.4. The van der Waals surface area contributed by atoms with Gasteiger partial charge in [-0.3, -0.25) is 4.98 Å². The Morgan fingerprint density at radius 1 is 1.39 bits per heavy atom. The summed E-state index contributed by atoms with van der Waals surface area (Å²) in [7, 11) is 0. The first-order valence-corrected chi connectivity index (χ1v) is 7.18.